The second-order valence-corrected chi connectivity index (χ2v) is 3.13. The number of carbonyl (C=O) groups is 1. The van der Waals surface area contributed by atoms with Crippen molar-refractivity contribution in [2.24, 2.45) is 0 Å². The molecule has 70 valence electrons. The molecule has 0 unspecified atom stereocenters. The SMILES string of the molecule is Nc1ccc2ccc(C(=O)O)cc2c1. The van der Waals surface area contributed by atoms with Crippen molar-refractivity contribution in [3.8, 4) is 0 Å². The van der Waals surface area contributed by atoms with Crippen LogP contribution in [0.5, 0.6) is 0 Å². The molecule has 0 bridgehead atoms. The molecule has 3 heteroatoms. The lowest BCUT2D eigenvalue weighted by Gasteiger charge is -2.00. The maximum Gasteiger partial charge on any atom is 0.335 e. The zero-order valence-electron chi connectivity index (χ0n) is 7.40. The summed E-state index contributed by atoms with van der Waals surface area (Å²) in [6.45, 7) is 0. The Labute approximate surface area is 80.8 Å². The van der Waals surface area contributed by atoms with Crippen LogP contribution < -0.4 is 5.73 Å². The van der Waals surface area contributed by atoms with Crippen LogP contribution in [0.15, 0.2) is 36.4 Å². The Balaban J connectivity index is 2.69. The van der Waals surface area contributed by atoms with Gasteiger partial charge in [0.05, 0.1) is 5.56 Å². The van der Waals surface area contributed by atoms with Crippen LogP contribution in [-0.4, -0.2) is 11.1 Å². The molecule has 2 rings (SSSR count). The zero-order chi connectivity index (χ0) is 10.1. The lowest BCUT2D eigenvalue weighted by molar-refractivity contribution is 0.0697. The van der Waals surface area contributed by atoms with Gasteiger partial charge in [0.25, 0.3) is 0 Å². The Bertz CT molecular complexity index is 506. The van der Waals surface area contributed by atoms with Crippen molar-refractivity contribution >= 4 is 22.4 Å². The summed E-state index contributed by atoms with van der Waals surface area (Å²) in [4.78, 5) is 10.7. The molecule has 3 nitrogen and oxygen atoms in total. The molecule has 0 amide bonds. The number of aromatic carboxylic acids is 1. The number of carboxylic acids is 1. The maximum absolute atomic E-state index is 10.7. The fourth-order valence-electron chi connectivity index (χ4n) is 1.40. The molecule has 0 fully saturated rings. The number of carboxylic acid groups (broad SMARTS) is 1. The predicted octanol–water partition coefficient (Wildman–Crippen LogP) is 2.12. The summed E-state index contributed by atoms with van der Waals surface area (Å²) in [5.41, 5.74) is 6.52. The Hall–Kier alpha value is -2.03. The minimum atomic E-state index is -0.922. The number of anilines is 1. The molecule has 0 aliphatic heterocycles. The molecular formula is C11H9NO2. The summed E-state index contributed by atoms with van der Waals surface area (Å²) in [6.07, 6.45) is 0. The molecule has 14 heavy (non-hydrogen) atoms. The minimum Gasteiger partial charge on any atom is -0.478 e. The molecular weight excluding hydrogens is 178 g/mol. The molecule has 2 aromatic carbocycles. The molecule has 0 aliphatic carbocycles. The summed E-state index contributed by atoms with van der Waals surface area (Å²) in [5.74, 6) is -0.922. The molecule has 0 saturated carbocycles. The van der Waals surface area contributed by atoms with Gasteiger partial charge in [-0.15, -0.1) is 0 Å². The van der Waals surface area contributed by atoms with E-state index in [-0.39, 0.29) is 5.56 Å². The first kappa shape index (κ1) is 8.56. The van der Waals surface area contributed by atoms with Crippen molar-refractivity contribution in [2.75, 3.05) is 5.73 Å². The van der Waals surface area contributed by atoms with E-state index in [1.54, 1.807) is 30.3 Å². The van der Waals surface area contributed by atoms with Gasteiger partial charge in [-0.1, -0.05) is 12.1 Å². The lowest BCUT2D eigenvalue weighted by atomic mass is 10.1. The van der Waals surface area contributed by atoms with Gasteiger partial charge in [-0.2, -0.15) is 0 Å². The van der Waals surface area contributed by atoms with Crippen LogP contribution in [-0.2, 0) is 0 Å². The average molecular weight is 187 g/mol. The number of benzene rings is 2. The van der Waals surface area contributed by atoms with Crippen molar-refractivity contribution in [1.29, 1.82) is 0 Å². The van der Waals surface area contributed by atoms with E-state index in [1.807, 2.05) is 6.07 Å². The van der Waals surface area contributed by atoms with Gasteiger partial charge >= 0.3 is 5.97 Å². The number of nitrogen functional groups attached to an aromatic ring is 1. The van der Waals surface area contributed by atoms with E-state index in [1.165, 1.54) is 0 Å². The highest BCUT2D eigenvalue weighted by Crippen LogP contribution is 2.18. The van der Waals surface area contributed by atoms with E-state index in [9.17, 15) is 4.79 Å². The van der Waals surface area contributed by atoms with Crippen molar-refractivity contribution < 1.29 is 9.90 Å². The van der Waals surface area contributed by atoms with Gasteiger partial charge in [-0.3, -0.25) is 0 Å². The topological polar surface area (TPSA) is 63.3 Å². The number of hydrogen-bond acceptors (Lipinski definition) is 2. The van der Waals surface area contributed by atoms with E-state index in [0.717, 1.165) is 10.8 Å². The number of nitrogens with two attached hydrogens (primary N) is 1. The molecule has 3 N–H and O–H groups in total. The normalized spacial score (nSPS) is 10.3. The number of rotatable bonds is 1. The zero-order valence-corrected chi connectivity index (χ0v) is 7.40. The van der Waals surface area contributed by atoms with Crippen LogP contribution >= 0.6 is 0 Å². The quantitative estimate of drug-likeness (QED) is 0.672. The van der Waals surface area contributed by atoms with Gasteiger partial charge < -0.3 is 10.8 Å². The Morgan fingerprint density at radius 2 is 1.79 bits per heavy atom. The van der Waals surface area contributed by atoms with E-state index in [4.69, 9.17) is 10.8 Å². The van der Waals surface area contributed by atoms with Crippen molar-refractivity contribution in [3.05, 3.63) is 42.0 Å². The van der Waals surface area contributed by atoms with Crippen molar-refractivity contribution in [1.82, 2.24) is 0 Å². The summed E-state index contributed by atoms with van der Waals surface area (Å²) >= 11 is 0. The second-order valence-electron chi connectivity index (χ2n) is 3.13. The first-order chi connectivity index (χ1) is 6.66. The molecule has 0 atom stereocenters. The highest BCUT2D eigenvalue weighted by atomic mass is 16.4. The Kier molecular flexibility index (Phi) is 1.85. The number of fused-ring (bicyclic) bond motifs is 1. The smallest absolute Gasteiger partial charge is 0.335 e. The van der Waals surface area contributed by atoms with Gasteiger partial charge in [-0.05, 0) is 35.0 Å². The third-order valence-electron chi connectivity index (χ3n) is 2.11. The predicted molar refractivity (Wildman–Crippen MR) is 55.3 cm³/mol. The maximum atomic E-state index is 10.7. The monoisotopic (exact) mass is 187 g/mol. The van der Waals surface area contributed by atoms with E-state index in [2.05, 4.69) is 0 Å². The molecule has 0 radical (unpaired) electrons. The van der Waals surface area contributed by atoms with Gasteiger partial charge in [0, 0.05) is 5.69 Å². The third kappa shape index (κ3) is 1.40. The molecule has 0 heterocycles. The first-order valence-corrected chi connectivity index (χ1v) is 4.19. The van der Waals surface area contributed by atoms with Gasteiger partial charge in [0.2, 0.25) is 0 Å². The van der Waals surface area contributed by atoms with Gasteiger partial charge in [0.15, 0.2) is 0 Å². The van der Waals surface area contributed by atoms with E-state index < -0.39 is 5.97 Å². The molecule has 0 aliphatic rings. The highest BCUT2D eigenvalue weighted by molar-refractivity contribution is 5.95. The summed E-state index contributed by atoms with van der Waals surface area (Å²) < 4.78 is 0. The Morgan fingerprint density at radius 3 is 2.50 bits per heavy atom. The van der Waals surface area contributed by atoms with Crippen LogP contribution in [0.2, 0.25) is 0 Å². The molecule has 0 spiro atoms. The minimum absolute atomic E-state index is 0.281. The van der Waals surface area contributed by atoms with Crippen LogP contribution in [0.25, 0.3) is 10.8 Å². The summed E-state index contributed by atoms with van der Waals surface area (Å²) in [5, 5.41) is 10.6. The molecule has 2 aromatic rings. The average Bonchev–Trinajstić information content (AvgIpc) is 2.16. The van der Waals surface area contributed by atoms with Gasteiger partial charge in [0.1, 0.15) is 0 Å². The van der Waals surface area contributed by atoms with E-state index >= 15 is 0 Å². The molecule has 0 aromatic heterocycles. The third-order valence-corrected chi connectivity index (χ3v) is 2.11. The largest absolute Gasteiger partial charge is 0.478 e. The van der Waals surface area contributed by atoms with Crippen LogP contribution in [0.4, 0.5) is 5.69 Å². The number of hydrogen-bond donors (Lipinski definition) is 2. The lowest BCUT2D eigenvalue weighted by Crippen LogP contribution is -1.95. The summed E-state index contributed by atoms with van der Waals surface area (Å²) in [7, 11) is 0. The van der Waals surface area contributed by atoms with Crippen LogP contribution in [0.1, 0.15) is 10.4 Å². The van der Waals surface area contributed by atoms with Crippen LogP contribution in [0.3, 0.4) is 0 Å². The standard InChI is InChI=1S/C11H9NO2/c12-10-4-3-7-1-2-8(11(13)14)5-9(7)6-10/h1-6H,12H2,(H,13,14). The van der Waals surface area contributed by atoms with Gasteiger partial charge in [-0.25, -0.2) is 4.79 Å². The van der Waals surface area contributed by atoms with Crippen molar-refractivity contribution in [3.63, 3.8) is 0 Å². The van der Waals surface area contributed by atoms with E-state index in [0.29, 0.717) is 5.69 Å². The molecule has 0 saturated heterocycles. The first-order valence-electron chi connectivity index (χ1n) is 4.19. The second kappa shape index (κ2) is 3.03. The summed E-state index contributed by atoms with van der Waals surface area (Å²) in [6, 6.07) is 10.4. The Morgan fingerprint density at radius 1 is 1.07 bits per heavy atom. The van der Waals surface area contributed by atoms with Crippen molar-refractivity contribution in [2.45, 2.75) is 0 Å². The highest BCUT2D eigenvalue weighted by Gasteiger charge is 2.02. The fraction of sp³-hybridized carbons (Fsp3) is 0. The fourth-order valence-corrected chi connectivity index (χ4v) is 1.40. The van der Waals surface area contributed by atoms with Crippen LogP contribution in [0, 0.1) is 0 Å².